The van der Waals surface area contributed by atoms with Crippen LogP contribution in [0.5, 0.6) is 0 Å². The standard InChI is InChI=1S/C16H22BrNO4/c1-9(18-3)6-11-4-5-14-16(22-11)7-12(17)15(20-10(2)19)13(8-16)21-14/h9,11-15H,4-8H2,1-2H3/t9-,11-,12+,13-,14+,15-,16?/m1/s1. The van der Waals surface area contributed by atoms with Crippen molar-refractivity contribution in [1.82, 2.24) is 0 Å². The molecule has 6 heteroatoms. The van der Waals surface area contributed by atoms with E-state index < -0.39 is 0 Å². The largest absolute Gasteiger partial charge is 0.459 e. The minimum atomic E-state index is -0.278. The molecule has 2 bridgehead atoms. The molecule has 0 aromatic carbocycles. The number of hydrogen-bond donors (Lipinski definition) is 0. The topological polar surface area (TPSA) is 49.1 Å². The van der Waals surface area contributed by atoms with Gasteiger partial charge in [-0.3, -0.25) is 4.79 Å². The lowest BCUT2D eigenvalue weighted by atomic mass is 9.77. The second-order valence-electron chi connectivity index (χ2n) is 6.76. The maximum Gasteiger partial charge on any atom is 0.303 e. The van der Waals surface area contributed by atoms with Gasteiger partial charge in [-0.2, -0.15) is 0 Å². The van der Waals surface area contributed by atoms with Gasteiger partial charge >= 0.3 is 5.97 Å². The number of hydrogen-bond acceptors (Lipinski definition) is 4. The van der Waals surface area contributed by atoms with Crippen LogP contribution < -0.4 is 0 Å². The van der Waals surface area contributed by atoms with E-state index in [0.29, 0.717) is 0 Å². The molecule has 1 unspecified atom stereocenters. The lowest BCUT2D eigenvalue weighted by Gasteiger charge is -2.45. The zero-order valence-electron chi connectivity index (χ0n) is 13.0. The summed E-state index contributed by atoms with van der Waals surface area (Å²) in [6, 6.07) is -0.00628. The van der Waals surface area contributed by atoms with Crippen molar-refractivity contribution < 1.29 is 19.0 Å². The van der Waals surface area contributed by atoms with Crippen LogP contribution in [0.2, 0.25) is 0 Å². The summed E-state index contributed by atoms with van der Waals surface area (Å²) in [4.78, 5) is 14.9. The molecule has 1 spiro atoms. The Balaban J connectivity index is 1.71. The molecule has 2 aliphatic heterocycles. The summed E-state index contributed by atoms with van der Waals surface area (Å²) in [5.41, 5.74) is -0.278. The summed E-state index contributed by atoms with van der Waals surface area (Å²) >= 11 is 3.66. The molecule has 1 saturated carbocycles. The van der Waals surface area contributed by atoms with Crippen LogP contribution in [0.25, 0.3) is 4.85 Å². The first-order chi connectivity index (χ1) is 10.4. The van der Waals surface area contributed by atoms with E-state index in [9.17, 15) is 4.79 Å². The zero-order chi connectivity index (χ0) is 15.9. The van der Waals surface area contributed by atoms with Crippen molar-refractivity contribution in [3.63, 3.8) is 0 Å². The van der Waals surface area contributed by atoms with Crippen molar-refractivity contribution in [2.24, 2.45) is 0 Å². The Kier molecular flexibility index (Phi) is 4.50. The van der Waals surface area contributed by atoms with Crippen LogP contribution in [0, 0.1) is 6.57 Å². The van der Waals surface area contributed by atoms with E-state index in [-0.39, 0.29) is 46.9 Å². The maximum absolute atomic E-state index is 11.3. The molecule has 0 amide bonds. The fraction of sp³-hybridized carbons (Fsp3) is 0.875. The summed E-state index contributed by atoms with van der Waals surface area (Å²) < 4.78 is 18.0. The molecule has 0 N–H and O–H groups in total. The Morgan fingerprint density at radius 1 is 1.50 bits per heavy atom. The predicted molar refractivity (Wildman–Crippen MR) is 83.7 cm³/mol. The first kappa shape index (κ1) is 16.2. The highest BCUT2D eigenvalue weighted by Gasteiger charge is 2.60. The molecule has 3 aliphatic rings. The van der Waals surface area contributed by atoms with Gasteiger partial charge in [-0.25, -0.2) is 6.57 Å². The van der Waals surface area contributed by atoms with Gasteiger partial charge in [0.15, 0.2) is 0 Å². The fourth-order valence-electron chi connectivity index (χ4n) is 4.11. The number of alkyl halides is 1. The van der Waals surface area contributed by atoms with Gasteiger partial charge in [0.25, 0.3) is 0 Å². The van der Waals surface area contributed by atoms with E-state index in [1.807, 2.05) is 6.92 Å². The van der Waals surface area contributed by atoms with Gasteiger partial charge in [-0.1, -0.05) is 15.9 Å². The predicted octanol–water partition coefficient (Wildman–Crippen LogP) is 2.86. The molecule has 0 radical (unpaired) electrons. The molecule has 3 rings (SSSR count). The number of nitrogens with zero attached hydrogens (tertiary/aromatic N) is 1. The van der Waals surface area contributed by atoms with Crippen LogP contribution in [0.3, 0.4) is 0 Å². The molecule has 0 aromatic rings. The monoisotopic (exact) mass is 371 g/mol. The van der Waals surface area contributed by atoms with E-state index in [1.54, 1.807) is 0 Å². The normalized spacial score (nSPS) is 44.7. The van der Waals surface area contributed by atoms with Crippen LogP contribution >= 0.6 is 15.9 Å². The van der Waals surface area contributed by atoms with Crippen molar-refractivity contribution in [3.05, 3.63) is 11.4 Å². The molecule has 122 valence electrons. The Bertz CT molecular complexity index is 493. The minimum Gasteiger partial charge on any atom is -0.459 e. The molecule has 2 heterocycles. The average molecular weight is 372 g/mol. The van der Waals surface area contributed by atoms with E-state index in [2.05, 4.69) is 20.8 Å². The van der Waals surface area contributed by atoms with Crippen molar-refractivity contribution in [2.45, 2.75) is 86.8 Å². The number of carbonyl (C=O) groups is 1. The first-order valence-corrected chi connectivity index (χ1v) is 8.86. The van der Waals surface area contributed by atoms with Gasteiger partial charge in [-0.05, 0) is 19.3 Å². The van der Waals surface area contributed by atoms with Gasteiger partial charge in [0.2, 0.25) is 6.04 Å². The number of carbonyl (C=O) groups excluding carboxylic acids is 1. The Labute approximate surface area is 139 Å². The number of halogens is 1. The average Bonchev–Trinajstić information content (AvgIpc) is 2.76. The lowest BCUT2D eigenvalue weighted by Crippen LogP contribution is -2.53. The summed E-state index contributed by atoms with van der Waals surface area (Å²) in [7, 11) is 0. The Morgan fingerprint density at radius 2 is 2.27 bits per heavy atom. The Morgan fingerprint density at radius 3 is 2.95 bits per heavy atom. The third kappa shape index (κ3) is 2.91. The van der Waals surface area contributed by atoms with Gasteiger partial charge in [0, 0.05) is 26.7 Å². The molecule has 2 saturated heterocycles. The molecule has 5 nitrogen and oxygen atoms in total. The number of ether oxygens (including phenoxy) is 3. The second-order valence-corrected chi connectivity index (χ2v) is 7.93. The van der Waals surface area contributed by atoms with E-state index in [4.69, 9.17) is 20.8 Å². The molecule has 3 fully saturated rings. The summed E-state index contributed by atoms with van der Waals surface area (Å²) in [6.07, 6.45) is 4.12. The quantitative estimate of drug-likeness (QED) is 0.434. The SMILES string of the molecule is [C-]#[N+][C@H](C)C[C@H]1CC[C@@H]2O[C@@H]3CC2(C[C@H](Br)[C@H]3OC(C)=O)O1. The third-order valence-electron chi connectivity index (χ3n) is 5.01. The zero-order valence-corrected chi connectivity index (χ0v) is 14.5. The maximum atomic E-state index is 11.3. The summed E-state index contributed by atoms with van der Waals surface area (Å²) in [5.74, 6) is -0.270. The number of fused-ring (bicyclic) bond motifs is 1. The van der Waals surface area contributed by atoms with Crippen LogP contribution in [0.1, 0.15) is 46.0 Å². The fourth-order valence-corrected chi connectivity index (χ4v) is 5.11. The first-order valence-electron chi connectivity index (χ1n) is 7.94. The lowest BCUT2D eigenvalue weighted by molar-refractivity contribution is -0.167. The van der Waals surface area contributed by atoms with Crippen molar-refractivity contribution >= 4 is 21.9 Å². The molecule has 7 atom stereocenters. The van der Waals surface area contributed by atoms with Crippen molar-refractivity contribution in [3.8, 4) is 0 Å². The van der Waals surface area contributed by atoms with Crippen LogP contribution in [-0.2, 0) is 19.0 Å². The number of rotatable bonds is 3. The number of esters is 1. The smallest absolute Gasteiger partial charge is 0.303 e. The third-order valence-corrected chi connectivity index (χ3v) is 5.86. The van der Waals surface area contributed by atoms with Gasteiger partial charge in [0.05, 0.1) is 28.7 Å². The Hall–Kier alpha value is -0.640. The minimum absolute atomic E-state index is 0.00628. The summed E-state index contributed by atoms with van der Waals surface area (Å²) in [6.45, 7) is 10.5. The molecule has 0 aromatic heterocycles. The van der Waals surface area contributed by atoms with E-state index >= 15 is 0 Å². The highest BCUT2D eigenvalue weighted by Crippen LogP contribution is 2.51. The highest BCUT2D eigenvalue weighted by molar-refractivity contribution is 9.09. The molecular weight excluding hydrogens is 350 g/mol. The second kappa shape index (κ2) is 6.10. The highest BCUT2D eigenvalue weighted by atomic mass is 79.9. The van der Waals surface area contributed by atoms with Crippen molar-refractivity contribution in [1.29, 1.82) is 0 Å². The van der Waals surface area contributed by atoms with Gasteiger partial charge < -0.3 is 19.1 Å². The molecular formula is C16H22BrNO4. The van der Waals surface area contributed by atoms with E-state index in [0.717, 1.165) is 32.1 Å². The van der Waals surface area contributed by atoms with Crippen LogP contribution in [-0.4, -0.2) is 46.9 Å². The van der Waals surface area contributed by atoms with Crippen molar-refractivity contribution in [2.75, 3.05) is 0 Å². The van der Waals surface area contributed by atoms with Crippen LogP contribution in [0.15, 0.2) is 0 Å². The molecule has 1 aliphatic carbocycles. The van der Waals surface area contributed by atoms with Gasteiger partial charge in [0.1, 0.15) is 6.10 Å². The molecule has 22 heavy (non-hydrogen) atoms. The van der Waals surface area contributed by atoms with E-state index in [1.165, 1.54) is 6.92 Å². The van der Waals surface area contributed by atoms with Gasteiger partial charge in [-0.15, -0.1) is 0 Å². The summed E-state index contributed by atoms with van der Waals surface area (Å²) in [5, 5.41) is 0. The van der Waals surface area contributed by atoms with Crippen LogP contribution in [0.4, 0.5) is 0 Å².